The monoisotopic (exact) mass is 300 g/mol. The fraction of sp³-hybridized carbons (Fsp3) is 0.545. The van der Waals surface area contributed by atoms with Crippen molar-refractivity contribution in [2.45, 2.75) is 24.0 Å². The van der Waals surface area contributed by atoms with Crippen LogP contribution < -0.4 is 11.4 Å². The number of hydrogen-bond acceptors (Lipinski definition) is 8. The highest BCUT2D eigenvalue weighted by Crippen LogP contribution is 2.37. The number of halogens is 1. The van der Waals surface area contributed by atoms with Crippen molar-refractivity contribution in [1.82, 2.24) is 14.5 Å². The maximum absolute atomic E-state index is 12.2. The topological polar surface area (TPSA) is 144 Å². The highest BCUT2D eigenvalue weighted by Gasteiger charge is 2.56. The van der Waals surface area contributed by atoms with Crippen LogP contribution in [0, 0.1) is 11.8 Å². The van der Waals surface area contributed by atoms with Crippen LogP contribution in [0.1, 0.15) is 6.23 Å². The molecule has 0 amide bonds. The average molecular weight is 300 g/mol. The summed E-state index contributed by atoms with van der Waals surface area (Å²) in [6, 6.07) is 0. The van der Waals surface area contributed by atoms with Crippen LogP contribution in [-0.2, 0) is 4.74 Å². The zero-order chi connectivity index (χ0) is 15.6. The number of ether oxygens (including phenoxy) is 1. The second kappa shape index (κ2) is 5.74. The molecule has 5 N–H and O–H groups in total. The number of nitrogen functional groups attached to an aromatic ring is 1. The van der Waals surface area contributed by atoms with Crippen LogP contribution in [0.4, 0.5) is 10.3 Å². The lowest BCUT2D eigenvalue weighted by atomic mass is 9.94. The van der Waals surface area contributed by atoms with Crippen molar-refractivity contribution in [3.63, 3.8) is 0 Å². The molecular formula is C11H13FN4O5. The molecule has 0 saturated carbocycles. The van der Waals surface area contributed by atoms with E-state index in [9.17, 15) is 19.4 Å². The third-order valence-corrected chi connectivity index (χ3v) is 3.02. The van der Waals surface area contributed by atoms with Gasteiger partial charge in [0.05, 0.1) is 6.61 Å². The SMILES string of the molecule is Nc1ncn([C@@H]2O[C@H](CO)C(O)[C@]2(O)C#CCF)c(=O)n1. The van der Waals surface area contributed by atoms with Gasteiger partial charge in [0.2, 0.25) is 5.95 Å². The predicted octanol–water partition coefficient (Wildman–Crippen LogP) is -2.82. The number of nitrogens with zero attached hydrogens (tertiary/aromatic N) is 3. The second-order valence-corrected chi connectivity index (χ2v) is 4.32. The van der Waals surface area contributed by atoms with Gasteiger partial charge in [-0.15, -0.1) is 0 Å². The summed E-state index contributed by atoms with van der Waals surface area (Å²) in [7, 11) is 0. The molecule has 1 unspecified atom stereocenters. The quantitative estimate of drug-likeness (QED) is 0.428. The molecule has 1 saturated heterocycles. The summed E-state index contributed by atoms with van der Waals surface area (Å²) < 4.78 is 18.2. The van der Waals surface area contributed by atoms with Crippen LogP contribution in [0.15, 0.2) is 11.1 Å². The van der Waals surface area contributed by atoms with Crippen molar-refractivity contribution in [3.8, 4) is 11.8 Å². The molecule has 4 atom stereocenters. The van der Waals surface area contributed by atoms with Crippen molar-refractivity contribution in [2.24, 2.45) is 0 Å². The first-order chi connectivity index (χ1) is 9.93. The van der Waals surface area contributed by atoms with Crippen molar-refractivity contribution in [2.75, 3.05) is 19.0 Å². The van der Waals surface area contributed by atoms with Gasteiger partial charge in [0.15, 0.2) is 11.8 Å². The summed E-state index contributed by atoms with van der Waals surface area (Å²) in [5, 5.41) is 29.5. The summed E-state index contributed by atoms with van der Waals surface area (Å²) >= 11 is 0. The zero-order valence-corrected chi connectivity index (χ0v) is 10.7. The maximum atomic E-state index is 12.2. The van der Waals surface area contributed by atoms with E-state index < -0.39 is 43.0 Å². The van der Waals surface area contributed by atoms with Crippen LogP contribution in [0.25, 0.3) is 0 Å². The van der Waals surface area contributed by atoms with Crippen molar-refractivity contribution >= 4 is 5.95 Å². The Morgan fingerprint density at radius 2 is 2.33 bits per heavy atom. The van der Waals surface area contributed by atoms with Gasteiger partial charge in [-0.3, -0.25) is 4.57 Å². The molecule has 1 aromatic rings. The molecule has 10 heteroatoms. The third kappa shape index (κ3) is 2.59. The molecule has 0 radical (unpaired) electrons. The lowest BCUT2D eigenvalue weighted by molar-refractivity contribution is -0.0770. The van der Waals surface area contributed by atoms with E-state index in [0.717, 1.165) is 10.9 Å². The van der Waals surface area contributed by atoms with Crippen LogP contribution in [0.3, 0.4) is 0 Å². The number of aliphatic hydroxyl groups is 3. The first-order valence-corrected chi connectivity index (χ1v) is 5.87. The van der Waals surface area contributed by atoms with Gasteiger partial charge in [-0.1, -0.05) is 11.8 Å². The average Bonchev–Trinajstić information content (AvgIpc) is 2.70. The minimum absolute atomic E-state index is 0.285. The largest absolute Gasteiger partial charge is 0.394 e. The van der Waals surface area contributed by atoms with Crippen LogP contribution in [0.5, 0.6) is 0 Å². The highest BCUT2D eigenvalue weighted by molar-refractivity contribution is 5.23. The molecule has 2 heterocycles. The fourth-order valence-corrected chi connectivity index (χ4v) is 2.02. The number of alkyl halides is 1. The molecule has 0 spiro atoms. The lowest BCUT2D eigenvalue weighted by Crippen LogP contribution is -2.48. The minimum atomic E-state index is -2.30. The summed E-state index contributed by atoms with van der Waals surface area (Å²) in [6.45, 7) is -1.71. The zero-order valence-electron chi connectivity index (χ0n) is 10.7. The normalized spacial score (nSPS) is 31.7. The van der Waals surface area contributed by atoms with Crippen molar-refractivity contribution in [1.29, 1.82) is 0 Å². The molecule has 1 aliphatic heterocycles. The number of anilines is 1. The van der Waals surface area contributed by atoms with E-state index in [1.165, 1.54) is 0 Å². The highest BCUT2D eigenvalue weighted by atomic mass is 19.1. The van der Waals surface area contributed by atoms with Gasteiger partial charge in [0.1, 0.15) is 25.2 Å². The van der Waals surface area contributed by atoms with E-state index in [4.69, 9.17) is 15.6 Å². The van der Waals surface area contributed by atoms with E-state index in [2.05, 4.69) is 15.9 Å². The number of nitrogens with two attached hydrogens (primary N) is 1. The molecule has 1 fully saturated rings. The summed E-state index contributed by atoms with van der Waals surface area (Å²) in [6.07, 6.45) is -3.43. The standard InChI is InChI=1S/C11H13FN4O5/c12-3-1-2-11(20)7(18)6(4-17)21-8(11)16-5-14-9(13)15-10(16)19/h5-8,17-18,20H,3-4H2,(H2,13,15,19)/t6-,7?,8-,11-/m1/s1. The Hall–Kier alpha value is -2.06. The molecule has 1 aliphatic rings. The van der Waals surface area contributed by atoms with Gasteiger partial charge in [0.25, 0.3) is 0 Å². The van der Waals surface area contributed by atoms with Gasteiger partial charge >= 0.3 is 5.69 Å². The van der Waals surface area contributed by atoms with E-state index in [1.54, 1.807) is 0 Å². The van der Waals surface area contributed by atoms with Crippen LogP contribution in [-0.4, -0.2) is 60.9 Å². The third-order valence-electron chi connectivity index (χ3n) is 3.02. The van der Waals surface area contributed by atoms with Gasteiger partial charge in [-0.05, 0) is 0 Å². The molecule has 0 bridgehead atoms. The molecule has 1 aromatic heterocycles. The first-order valence-electron chi connectivity index (χ1n) is 5.87. The van der Waals surface area contributed by atoms with E-state index >= 15 is 0 Å². The number of rotatable bonds is 2. The first kappa shape index (κ1) is 15.3. The van der Waals surface area contributed by atoms with Crippen molar-refractivity contribution < 1.29 is 24.4 Å². The van der Waals surface area contributed by atoms with Gasteiger partial charge in [0, 0.05) is 0 Å². The number of aliphatic hydroxyl groups excluding tert-OH is 2. The Kier molecular flexibility index (Phi) is 4.19. The summed E-state index contributed by atoms with van der Waals surface area (Å²) in [5.74, 6) is 3.79. The summed E-state index contributed by atoms with van der Waals surface area (Å²) in [5.41, 5.74) is 2.04. The predicted molar refractivity (Wildman–Crippen MR) is 66.4 cm³/mol. The Morgan fingerprint density at radius 1 is 1.62 bits per heavy atom. The van der Waals surface area contributed by atoms with E-state index in [1.807, 2.05) is 5.92 Å². The lowest BCUT2D eigenvalue weighted by Gasteiger charge is -2.26. The Balaban J connectivity index is 2.51. The molecule has 2 rings (SSSR count). The Bertz CT molecular complexity index is 641. The molecule has 9 nitrogen and oxygen atoms in total. The van der Waals surface area contributed by atoms with Gasteiger partial charge in [-0.2, -0.15) is 4.98 Å². The maximum Gasteiger partial charge on any atom is 0.354 e. The number of aromatic nitrogens is 3. The van der Waals surface area contributed by atoms with E-state index in [0.29, 0.717) is 0 Å². The second-order valence-electron chi connectivity index (χ2n) is 4.32. The Morgan fingerprint density at radius 3 is 2.90 bits per heavy atom. The fourth-order valence-electron chi connectivity index (χ4n) is 2.02. The van der Waals surface area contributed by atoms with Crippen LogP contribution >= 0.6 is 0 Å². The molecule has 114 valence electrons. The molecule has 0 aromatic carbocycles. The smallest absolute Gasteiger partial charge is 0.354 e. The van der Waals surface area contributed by atoms with Gasteiger partial charge in [-0.25, -0.2) is 14.2 Å². The Labute approximate surface area is 117 Å². The minimum Gasteiger partial charge on any atom is -0.394 e. The van der Waals surface area contributed by atoms with E-state index in [-0.39, 0.29) is 5.95 Å². The van der Waals surface area contributed by atoms with Gasteiger partial charge < -0.3 is 25.8 Å². The molecule has 0 aliphatic carbocycles. The molecular weight excluding hydrogens is 287 g/mol. The van der Waals surface area contributed by atoms with Crippen LogP contribution in [0.2, 0.25) is 0 Å². The van der Waals surface area contributed by atoms with Crippen molar-refractivity contribution in [3.05, 3.63) is 16.8 Å². The number of hydrogen-bond donors (Lipinski definition) is 4. The molecule has 21 heavy (non-hydrogen) atoms. The summed E-state index contributed by atoms with van der Waals surface area (Å²) in [4.78, 5) is 18.7.